The Hall–Kier alpha value is -2.35. The molecule has 0 amide bonds. The van der Waals surface area contributed by atoms with Gasteiger partial charge in [-0.1, -0.05) is 168 Å². The standard InChI is InChI=1S/C48H89NO7/c1-6-11-14-17-19-20-21-22-23-24-25-26-28-31-34-38-46(50)54-41-44(43-56-48(52)53-40-35-39-49(9-4)10-5)42-55-47(51)45(36-32-29-16-13-8-3)37-33-30-27-18-15-12-7-2/h19-20,22-23,44-45H,6-18,21,24-43H2,1-5H3. The van der Waals surface area contributed by atoms with E-state index >= 15 is 0 Å². The zero-order valence-electron chi connectivity index (χ0n) is 37.3. The van der Waals surface area contributed by atoms with Crippen molar-refractivity contribution in [3.05, 3.63) is 24.3 Å². The number of hydrogen-bond acceptors (Lipinski definition) is 8. The number of allylic oxidation sites excluding steroid dienone is 4. The van der Waals surface area contributed by atoms with E-state index in [0.29, 0.717) is 6.42 Å². The highest BCUT2D eigenvalue weighted by atomic mass is 16.7. The molecule has 0 bridgehead atoms. The highest BCUT2D eigenvalue weighted by molar-refractivity contribution is 5.72. The van der Waals surface area contributed by atoms with Crippen LogP contribution in [-0.2, 0) is 28.5 Å². The monoisotopic (exact) mass is 792 g/mol. The van der Waals surface area contributed by atoms with Crippen molar-refractivity contribution in [1.82, 2.24) is 4.90 Å². The van der Waals surface area contributed by atoms with Crippen molar-refractivity contribution in [2.75, 3.05) is 46.1 Å². The Kier molecular flexibility index (Phi) is 40.5. The van der Waals surface area contributed by atoms with Gasteiger partial charge < -0.3 is 23.8 Å². The third-order valence-corrected chi connectivity index (χ3v) is 10.6. The van der Waals surface area contributed by atoms with Crippen LogP contribution in [0.25, 0.3) is 0 Å². The SMILES string of the molecule is CCCCCC=CCC=CCCCCCCCC(=O)OCC(COC(=O)OCCCN(CC)CC)COC(=O)C(CCCCCCC)CCCCCCCCC. The van der Waals surface area contributed by atoms with Crippen molar-refractivity contribution in [1.29, 1.82) is 0 Å². The Bertz CT molecular complexity index is 948. The Morgan fingerprint density at radius 2 is 0.982 bits per heavy atom. The summed E-state index contributed by atoms with van der Waals surface area (Å²) in [7, 11) is 0. The molecular weight excluding hydrogens is 703 g/mol. The van der Waals surface area contributed by atoms with Crippen molar-refractivity contribution in [2.24, 2.45) is 11.8 Å². The molecule has 0 aliphatic heterocycles. The second-order valence-corrected chi connectivity index (χ2v) is 15.8. The van der Waals surface area contributed by atoms with Crippen LogP contribution in [0.1, 0.15) is 208 Å². The van der Waals surface area contributed by atoms with Crippen LogP contribution < -0.4 is 0 Å². The topological polar surface area (TPSA) is 91.4 Å². The molecule has 0 saturated heterocycles. The fraction of sp³-hybridized carbons (Fsp3) is 0.854. The van der Waals surface area contributed by atoms with Gasteiger partial charge in [0, 0.05) is 13.0 Å². The maximum absolute atomic E-state index is 13.4. The van der Waals surface area contributed by atoms with Gasteiger partial charge in [0.1, 0.15) is 19.8 Å². The van der Waals surface area contributed by atoms with Crippen LogP contribution in [-0.4, -0.2) is 69.1 Å². The van der Waals surface area contributed by atoms with E-state index in [2.05, 4.69) is 63.8 Å². The number of rotatable bonds is 41. The van der Waals surface area contributed by atoms with Gasteiger partial charge in [0.25, 0.3) is 0 Å². The average molecular weight is 792 g/mol. The first-order chi connectivity index (χ1) is 27.4. The van der Waals surface area contributed by atoms with Crippen LogP contribution in [0.3, 0.4) is 0 Å². The number of unbranched alkanes of at least 4 members (excludes halogenated alkanes) is 18. The molecule has 0 aromatic carbocycles. The van der Waals surface area contributed by atoms with Gasteiger partial charge in [-0.15, -0.1) is 0 Å². The van der Waals surface area contributed by atoms with Crippen molar-refractivity contribution in [3.8, 4) is 0 Å². The summed E-state index contributed by atoms with van der Waals surface area (Å²) in [5.74, 6) is -1.05. The molecule has 0 saturated carbocycles. The summed E-state index contributed by atoms with van der Waals surface area (Å²) in [6, 6.07) is 0. The molecule has 0 radical (unpaired) electrons. The maximum atomic E-state index is 13.4. The van der Waals surface area contributed by atoms with Crippen LogP contribution in [0.5, 0.6) is 0 Å². The predicted octanol–water partition coefficient (Wildman–Crippen LogP) is 13.5. The lowest BCUT2D eigenvalue weighted by Crippen LogP contribution is -2.29. The van der Waals surface area contributed by atoms with Crippen molar-refractivity contribution in [2.45, 2.75) is 208 Å². The second-order valence-electron chi connectivity index (χ2n) is 15.8. The molecule has 328 valence electrons. The Morgan fingerprint density at radius 3 is 1.57 bits per heavy atom. The summed E-state index contributed by atoms with van der Waals surface area (Å²) in [5.41, 5.74) is 0. The van der Waals surface area contributed by atoms with E-state index in [9.17, 15) is 14.4 Å². The number of carbonyl (C=O) groups is 3. The molecule has 56 heavy (non-hydrogen) atoms. The first-order valence-corrected chi connectivity index (χ1v) is 23.6. The first-order valence-electron chi connectivity index (χ1n) is 23.6. The third kappa shape index (κ3) is 36.0. The molecule has 8 heteroatoms. The van der Waals surface area contributed by atoms with E-state index in [1.807, 2.05) is 0 Å². The molecular formula is C48H89NO7. The highest BCUT2D eigenvalue weighted by Gasteiger charge is 2.23. The van der Waals surface area contributed by atoms with E-state index < -0.39 is 12.1 Å². The summed E-state index contributed by atoms with van der Waals surface area (Å²) >= 11 is 0. The molecule has 0 rings (SSSR count). The molecule has 0 fully saturated rings. The molecule has 2 unspecified atom stereocenters. The zero-order chi connectivity index (χ0) is 41.2. The molecule has 0 aromatic rings. The first kappa shape index (κ1) is 53.6. The number of ether oxygens (including phenoxy) is 4. The van der Waals surface area contributed by atoms with Gasteiger partial charge in [-0.05, 0) is 70.9 Å². The summed E-state index contributed by atoms with van der Waals surface area (Å²) in [6.45, 7) is 14.0. The predicted molar refractivity (Wildman–Crippen MR) is 234 cm³/mol. The van der Waals surface area contributed by atoms with E-state index in [-0.39, 0.29) is 44.3 Å². The Balaban J connectivity index is 4.88. The average Bonchev–Trinajstić information content (AvgIpc) is 3.20. The second kappa shape index (κ2) is 42.3. The van der Waals surface area contributed by atoms with E-state index in [4.69, 9.17) is 18.9 Å². The fourth-order valence-corrected chi connectivity index (χ4v) is 6.76. The van der Waals surface area contributed by atoms with Gasteiger partial charge in [0.15, 0.2) is 0 Å². The number of hydrogen-bond donors (Lipinski definition) is 0. The van der Waals surface area contributed by atoms with Gasteiger partial charge in [-0.25, -0.2) is 4.79 Å². The molecule has 0 aromatic heterocycles. The maximum Gasteiger partial charge on any atom is 0.508 e. The normalized spacial score (nSPS) is 12.8. The van der Waals surface area contributed by atoms with E-state index in [0.717, 1.165) is 103 Å². The number of carbonyl (C=O) groups excluding carboxylic acids is 3. The lowest BCUT2D eigenvalue weighted by atomic mass is 9.94. The quantitative estimate of drug-likeness (QED) is 0.0262. The third-order valence-electron chi connectivity index (χ3n) is 10.6. The van der Waals surface area contributed by atoms with Crippen LogP contribution in [0, 0.1) is 11.8 Å². The van der Waals surface area contributed by atoms with Gasteiger partial charge in [-0.3, -0.25) is 9.59 Å². The lowest BCUT2D eigenvalue weighted by molar-refractivity contribution is -0.153. The summed E-state index contributed by atoms with van der Waals surface area (Å²) in [5, 5.41) is 0. The van der Waals surface area contributed by atoms with Crippen molar-refractivity contribution < 1.29 is 33.3 Å². The largest absolute Gasteiger partial charge is 0.508 e. The molecule has 2 atom stereocenters. The van der Waals surface area contributed by atoms with Gasteiger partial charge in [-0.2, -0.15) is 0 Å². The molecule has 0 aliphatic carbocycles. The molecule has 0 spiro atoms. The molecule has 0 N–H and O–H groups in total. The van der Waals surface area contributed by atoms with Crippen molar-refractivity contribution >= 4 is 18.1 Å². The summed E-state index contributed by atoms with van der Waals surface area (Å²) in [6.07, 6.45) is 37.7. The van der Waals surface area contributed by atoms with E-state index in [1.165, 1.54) is 83.5 Å². The van der Waals surface area contributed by atoms with Crippen LogP contribution >= 0.6 is 0 Å². The molecule has 8 nitrogen and oxygen atoms in total. The highest BCUT2D eigenvalue weighted by Crippen LogP contribution is 2.21. The summed E-state index contributed by atoms with van der Waals surface area (Å²) < 4.78 is 22.3. The number of esters is 2. The minimum atomic E-state index is -0.749. The Morgan fingerprint density at radius 1 is 0.500 bits per heavy atom. The number of nitrogens with zero attached hydrogens (tertiary/aromatic N) is 1. The molecule has 0 aliphatic rings. The fourth-order valence-electron chi connectivity index (χ4n) is 6.76. The van der Waals surface area contributed by atoms with Crippen LogP contribution in [0.2, 0.25) is 0 Å². The summed E-state index contributed by atoms with van der Waals surface area (Å²) in [4.78, 5) is 40.8. The minimum Gasteiger partial charge on any atom is -0.465 e. The lowest BCUT2D eigenvalue weighted by Gasteiger charge is -2.20. The van der Waals surface area contributed by atoms with Gasteiger partial charge in [0.05, 0.1) is 18.4 Å². The van der Waals surface area contributed by atoms with E-state index in [1.54, 1.807) is 0 Å². The smallest absolute Gasteiger partial charge is 0.465 e. The van der Waals surface area contributed by atoms with Gasteiger partial charge in [0.2, 0.25) is 0 Å². The van der Waals surface area contributed by atoms with Crippen LogP contribution in [0.4, 0.5) is 4.79 Å². The zero-order valence-corrected chi connectivity index (χ0v) is 37.3. The van der Waals surface area contributed by atoms with Crippen molar-refractivity contribution in [3.63, 3.8) is 0 Å². The minimum absolute atomic E-state index is 0.0288. The Labute approximate surface area is 345 Å². The molecule has 0 heterocycles. The van der Waals surface area contributed by atoms with Crippen LogP contribution in [0.15, 0.2) is 24.3 Å². The van der Waals surface area contributed by atoms with Gasteiger partial charge >= 0.3 is 18.1 Å².